The molecule has 1 aromatic carbocycles. The number of benzene rings is 1. The topological polar surface area (TPSA) is 35.2 Å². The summed E-state index contributed by atoms with van der Waals surface area (Å²) in [6.07, 6.45) is 5.21. The predicted molar refractivity (Wildman–Crippen MR) is 70.0 cm³/mol. The van der Waals surface area contributed by atoms with E-state index in [0.717, 1.165) is 36.3 Å². The summed E-state index contributed by atoms with van der Waals surface area (Å²) >= 11 is 1.84. The van der Waals surface area contributed by atoms with E-state index in [1.54, 1.807) is 6.07 Å². The molecule has 0 radical (unpaired) electrons. The molecule has 0 bridgehead atoms. The van der Waals surface area contributed by atoms with Gasteiger partial charge in [0.25, 0.3) is 0 Å². The number of halogens is 1. The fourth-order valence-electron chi connectivity index (χ4n) is 2.19. The van der Waals surface area contributed by atoms with Crippen molar-refractivity contribution in [3.05, 3.63) is 29.6 Å². The van der Waals surface area contributed by atoms with Crippen molar-refractivity contribution in [1.29, 1.82) is 0 Å². The van der Waals surface area contributed by atoms with Gasteiger partial charge in [0.1, 0.15) is 17.7 Å². The van der Waals surface area contributed by atoms with Gasteiger partial charge >= 0.3 is 0 Å². The second-order valence-corrected chi connectivity index (χ2v) is 5.38. The smallest absolute Gasteiger partial charge is 0.124 e. The van der Waals surface area contributed by atoms with Crippen molar-refractivity contribution in [3.63, 3.8) is 0 Å². The first-order valence-electron chi connectivity index (χ1n) is 5.91. The zero-order valence-electron chi connectivity index (χ0n) is 9.99. The van der Waals surface area contributed by atoms with E-state index in [1.807, 2.05) is 11.8 Å². The van der Waals surface area contributed by atoms with Gasteiger partial charge in [-0.15, -0.1) is 0 Å². The van der Waals surface area contributed by atoms with Crippen molar-refractivity contribution in [1.82, 2.24) is 0 Å². The Morgan fingerprint density at radius 3 is 3.12 bits per heavy atom. The average Bonchev–Trinajstić information content (AvgIpc) is 2.31. The van der Waals surface area contributed by atoms with Gasteiger partial charge in [-0.25, -0.2) is 4.39 Å². The number of thioether (sulfide) groups is 1. The van der Waals surface area contributed by atoms with Crippen LogP contribution in [0.3, 0.4) is 0 Å². The second-order valence-electron chi connectivity index (χ2n) is 4.40. The number of hydrogen-bond acceptors (Lipinski definition) is 3. The van der Waals surface area contributed by atoms with Crippen LogP contribution in [0.1, 0.15) is 30.9 Å². The first-order chi connectivity index (χ1) is 8.20. The third-order valence-corrected chi connectivity index (χ3v) is 3.75. The Morgan fingerprint density at radius 1 is 1.53 bits per heavy atom. The maximum atomic E-state index is 13.1. The Bertz CT molecular complexity index is 386. The van der Waals surface area contributed by atoms with Crippen molar-refractivity contribution in [3.8, 4) is 5.75 Å². The van der Waals surface area contributed by atoms with E-state index in [1.165, 1.54) is 12.1 Å². The molecule has 0 saturated heterocycles. The summed E-state index contributed by atoms with van der Waals surface area (Å²) in [5.74, 6) is 1.65. The summed E-state index contributed by atoms with van der Waals surface area (Å²) in [6, 6.07) is 4.49. The van der Waals surface area contributed by atoms with Gasteiger partial charge in [-0.1, -0.05) is 0 Å². The summed E-state index contributed by atoms with van der Waals surface area (Å²) in [5.41, 5.74) is 6.86. The Morgan fingerprint density at radius 2 is 2.35 bits per heavy atom. The minimum absolute atomic E-state index is 0.103. The lowest BCUT2D eigenvalue weighted by Gasteiger charge is -2.30. The van der Waals surface area contributed by atoms with Gasteiger partial charge in [0.05, 0.1) is 0 Å². The molecule has 1 aromatic rings. The Kier molecular flexibility index (Phi) is 4.29. The Hall–Kier alpha value is -0.740. The van der Waals surface area contributed by atoms with Crippen LogP contribution in [0, 0.1) is 5.82 Å². The van der Waals surface area contributed by atoms with Crippen LogP contribution in [0.4, 0.5) is 4.39 Å². The molecule has 0 amide bonds. The number of nitrogens with two attached hydrogens (primary N) is 1. The normalized spacial score (nSPS) is 23.0. The fraction of sp³-hybridized carbons (Fsp3) is 0.538. The van der Waals surface area contributed by atoms with Gasteiger partial charge in [-0.2, -0.15) is 11.8 Å². The highest BCUT2D eigenvalue weighted by Gasteiger charge is 2.25. The lowest BCUT2D eigenvalue weighted by atomic mass is 9.95. The first kappa shape index (κ1) is 12.7. The summed E-state index contributed by atoms with van der Waals surface area (Å²) in [5, 5.41) is 0. The molecule has 0 spiro atoms. The zero-order chi connectivity index (χ0) is 12.3. The molecule has 0 fully saturated rings. The molecule has 0 saturated carbocycles. The molecule has 2 unspecified atom stereocenters. The summed E-state index contributed by atoms with van der Waals surface area (Å²) in [6.45, 7) is 0. The van der Waals surface area contributed by atoms with Crippen molar-refractivity contribution < 1.29 is 9.13 Å². The molecule has 0 aromatic heterocycles. The SMILES string of the molecule is CSCCCC1CC(N)c2cc(F)ccc2O1. The van der Waals surface area contributed by atoms with Crippen molar-refractivity contribution in [2.45, 2.75) is 31.4 Å². The average molecular weight is 255 g/mol. The highest BCUT2D eigenvalue weighted by Crippen LogP contribution is 2.35. The highest BCUT2D eigenvalue weighted by molar-refractivity contribution is 7.98. The van der Waals surface area contributed by atoms with Crippen molar-refractivity contribution in [2.75, 3.05) is 12.0 Å². The molecular formula is C13H18FNOS. The molecule has 94 valence electrons. The minimum Gasteiger partial charge on any atom is -0.490 e. The Labute approximate surface area is 106 Å². The van der Waals surface area contributed by atoms with Crippen molar-refractivity contribution in [2.24, 2.45) is 5.73 Å². The van der Waals surface area contributed by atoms with Gasteiger partial charge < -0.3 is 10.5 Å². The molecule has 17 heavy (non-hydrogen) atoms. The van der Waals surface area contributed by atoms with E-state index in [0.29, 0.717) is 0 Å². The van der Waals surface area contributed by atoms with Gasteiger partial charge in [0.15, 0.2) is 0 Å². The van der Waals surface area contributed by atoms with Crippen LogP contribution in [0.15, 0.2) is 18.2 Å². The van der Waals surface area contributed by atoms with Crippen LogP contribution in [0.25, 0.3) is 0 Å². The molecule has 1 aliphatic rings. The summed E-state index contributed by atoms with van der Waals surface area (Å²) in [7, 11) is 0. The van der Waals surface area contributed by atoms with Crippen LogP contribution in [0.5, 0.6) is 5.75 Å². The lowest BCUT2D eigenvalue weighted by Crippen LogP contribution is -2.29. The zero-order valence-corrected chi connectivity index (χ0v) is 10.8. The standard InChI is InChI=1S/C13H18FNOS/c1-17-6-2-3-10-8-12(15)11-7-9(14)4-5-13(11)16-10/h4-5,7,10,12H,2-3,6,8,15H2,1H3. The molecule has 0 aliphatic carbocycles. The summed E-state index contributed by atoms with van der Waals surface area (Å²) in [4.78, 5) is 0. The summed E-state index contributed by atoms with van der Waals surface area (Å²) < 4.78 is 18.9. The quantitative estimate of drug-likeness (QED) is 0.840. The largest absolute Gasteiger partial charge is 0.490 e. The second kappa shape index (κ2) is 5.74. The van der Waals surface area contributed by atoms with E-state index in [2.05, 4.69) is 6.26 Å². The molecule has 2 atom stereocenters. The molecule has 4 heteroatoms. The van der Waals surface area contributed by atoms with E-state index < -0.39 is 0 Å². The molecule has 2 rings (SSSR count). The molecular weight excluding hydrogens is 237 g/mol. The number of rotatable bonds is 4. The van der Waals surface area contributed by atoms with Crippen LogP contribution >= 0.6 is 11.8 Å². The van der Waals surface area contributed by atoms with Gasteiger partial charge in [0, 0.05) is 18.0 Å². The maximum Gasteiger partial charge on any atom is 0.124 e. The monoisotopic (exact) mass is 255 g/mol. The highest BCUT2D eigenvalue weighted by atomic mass is 32.2. The molecule has 1 aliphatic heterocycles. The lowest BCUT2D eigenvalue weighted by molar-refractivity contribution is 0.149. The maximum absolute atomic E-state index is 13.1. The van der Waals surface area contributed by atoms with Crippen LogP contribution < -0.4 is 10.5 Å². The van der Waals surface area contributed by atoms with E-state index >= 15 is 0 Å². The van der Waals surface area contributed by atoms with E-state index in [4.69, 9.17) is 10.5 Å². The van der Waals surface area contributed by atoms with E-state index in [-0.39, 0.29) is 18.0 Å². The number of fused-ring (bicyclic) bond motifs is 1. The number of hydrogen-bond donors (Lipinski definition) is 1. The van der Waals surface area contributed by atoms with E-state index in [9.17, 15) is 4.39 Å². The van der Waals surface area contributed by atoms with Crippen LogP contribution in [-0.2, 0) is 0 Å². The molecule has 2 N–H and O–H groups in total. The third-order valence-electron chi connectivity index (χ3n) is 3.06. The van der Waals surface area contributed by atoms with Crippen LogP contribution in [0.2, 0.25) is 0 Å². The predicted octanol–water partition coefficient (Wildman–Crippen LogP) is 3.12. The molecule has 2 nitrogen and oxygen atoms in total. The molecule has 1 heterocycles. The van der Waals surface area contributed by atoms with Gasteiger partial charge in [-0.05, 0) is 43.0 Å². The van der Waals surface area contributed by atoms with Gasteiger partial charge in [0.2, 0.25) is 0 Å². The van der Waals surface area contributed by atoms with Crippen LogP contribution in [-0.4, -0.2) is 18.1 Å². The van der Waals surface area contributed by atoms with Gasteiger partial charge in [-0.3, -0.25) is 0 Å². The Balaban J connectivity index is 2.03. The fourth-order valence-corrected chi connectivity index (χ4v) is 2.64. The number of ether oxygens (including phenoxy) is 1. The van der Waals surface area contributed by atoms with Crippen molar-refractivity contribution >= 4 is 11.8 Å². The minimum atomic E-state index is -0.247. The third kappa shape index (κ3) is 3.13. The first-order valence-corrected chi connectivity index (χ1v) is 7.30.